The molecule has 1 aromatic heterocycles. The van der Waals surface area contributed by atoms with Crippen molar-refractivity contribution < 1.29 is 32.2 Å². The number of anilines is 1. The van der Waals surface area contributed by atoms with Crippen molar-refractivity contribution in [3.05, 3.63) is 64.4 Å². The number of esters is 1. The number of nitrogens with zero attached hydrogens (tertiary/aromatic N) is 2. The molecule has 1 saturated heterocycles. The second-order valence-corrected chi connectivity index (χ2v) is 8.36. The molecule has 0 bridgehead atoms. The highest BCUT2D eigenvalue weighted by Crippen LogP contribution is 2.36. The van der Waals surface area contributed by atoms with Gasteiger partial charge in [0.15, 0.2) is 6.10 Å². The molecule has 0 saturated carbocycles. The van der Waals surface area contributed by atoms with Gasteiger partial charge in [-0.05, 0) is 43.7 Å². The average molecular weight is 526 g/mol. The first-order valence-corrected chi connectivity index (χ1v) is 10.6. The van der Waals surface area contributed by atoms with E-state index in [0.717, 1.165) is 6.07 Å². The molecule has 3 aromatic rings. The molecular formula is C24H23ClF3N3O5. The van der Waals surface area contributed by atoms with Crippen LogP contribution in [0.25, 0.3) is 22.0 Å². The van der Waals surface area contributed by atoms with E-state index in [4.69, 9.17) is 9.47 Å². The number of benzene rings is 2. The minimum Gasteiger partial charge on any atom is -0.461 e. The van der Waals surface area contributed by atoms with Crippen molar-refractivity contribution in [2.24, 2.45) is 0 Å². The molecular weight excluding hydrogens is 503 g/mol. The fourth-order valence-electron chi connectivity index (χ4n) is 3.84. The Hall–Kier alpha value is -3.57. The number of alkyl halides is 3. The van der Waals surface area contributed by atoms with Crippen LogP contribution in [0, 0.1) is 0 Å². The van der Waals surface area contributed by atoms with Crippen molar-refractivity contribution in [2.45, 2.75) is 12.3 Å². The molecule has 2 heterocycles. The zero-order chi connectivity index (χ0) is 25.3. The van der Waals surface area contributed by atoms with Crippen LogP contribution in [0.5, 0.6) is 0 Å². The minimum atomic E-state index is -4.58. The van der Waals surface area contributed by atoms with Gasteiger partial charge in [0.25, 0.3) is 5.56 Å². The Labute approximate surface area is 210 Å². The van der Waals surface area contributed by atoms with Gasteiger partial charge in [-0.15, -0.1) is 12.4 Å². The molecule has 1 unspecified atom stereocenters. The molecule has 4 rings (SSSR count). The van der Waals surface area contributed by atoms with Gasteiger partial charge in [0.05, 0.1) is 18.7 Å². The first-order chi connectivity index (χ1) is 16.5. The van der Waals surface area contributed by atoms with E-state index in [2.05, 4.69) is 4.98 Å². The van der Waals surface area contributed by atoms with Crippen LogP contribution >= 0.6 is 12.4 Å². The number of nitrogens with one attached hydrogen (secondary N) is 1. The van der Waals surface area contributed by atoms with E-state index >= 15 is 0 Å². The second-order valence-electron chi connectivity index (χ2n) is 8.36. The van der Waals surface area contributed by atoms with Crippen molar-refractivity contribution in [1.82, 2.24) is 9.88 Å². The van der Waals surface area contributed by atoms with Crippen LogP contribution in [0.2, 0.25) is 0 Å². The molecule has 0 aliphatic carbocycles. The summed E-state index contributed by atoms with van der Waals surface area (Å²) in [4.78, 5) is 42.3. The number of carbonyl (C=O) groups is 2. The monoisotopic (exact) mass is 525 g/mol. The zero-order valence-electron chi connectivity index (χ0n) is 19.3. The topological polar surface area (TPSA) is 91.9 Å². The van der Waals surface area contributed by atoms with Crippen LogP contribution in [-0.4, -0.2) is 61.8 Å². The van der Waals surface area contributed by atoms with E-state index in [1.807, 2.05) is 0 Å². The van der Waals surface area contributed by atoms with Gasteiger partial charge in [-0.2, -0.15) is 13.2 Å². The molecule has 12 heteroatoms. The molecule has 192 valence electrons. The maximum Gasteiger partial charge on any atom is 0.417 e. The summed E-state index contributed by atoms with van der Waals surface area (Å²) in [6.45, 7) is 0.0901. The first-order valence-electron chi connectivity index (χ1n) is 10.6. The van der Waals surface area contributed by atoms with Crippen LogP contribution in [0.15, 0.2) is 53.3 Å². The second kappa shape index (κ2) is 10.6. The van der Waals surface area contributed by atoms with E-state index in [1.54, 1.807) is 31.1 Å². The first kappa shape index (κ1) is 27.0. The third kappa shape index (κ3) is 5.80. The van der Waals surface area contributed by atoms with Crippen LogP contribution in [-0.2, 0) is 20.4 Å². The Balaban J connectivity index is 0.00000361. The van der Waals surface area contributed by atoms with Gasteiger partial charge in [-0.25, -0.2) is 4.79 Å². The summed E-state index contributed by atoms with van der Waals surface area (Å²) in [5, 5.41) is 0.607. The van der Waals surface area contributed by atoms with Crippen LogP contribution in [0.1, 0.15) is 5.56 Å². The summed E-state index contributed by atoms with van der Waals surface area (Å²) in [5.74, 6) is -0.454. The van der Waals surface area contributed by atoms with Crippen LogP contribution in [0.3, 0.4) is 0 Å². The van der Waals surface area contributed by atoms with Gasteiger partial charge in [0.1, 0.15) is 6.61 Å². The number of amides is 1. The number of ether oxygens (including phenoxy) is 2. The summed E-state index contributed by atoms with van der Waals surface area (Å²) >= 11 is 0. The Morgan fingerprint density at radius 3 is 2.58 bits per heavy atom. The highest BCUT2D eigenvalue weighted by Gasteiger charge is 2.35. The van der Waals surface area contributed by atoms with Crippen molar-refractivity contribution >= 4 is 40.9 Å². The van der Waals surface area contributed by atoms with E-state index in [0.29, 0.717) is 11.1 Å². The third-order valence-corrected chi connectivity index (χ3v) is 5.41. The number of hydrogen-bond donors (Lipinski definition) is 1. The number of carbonyl (C=O) groups excluding carboxylic acids is 2. The number of pyridine rings is 1. The molecule has 2 aromatic carbocycles. The summed E-state index contributed by atoms with van der Waals surface area (Å²) in [7, 11) is 3.44. The summed E-state index contributed by atoms with van der Waals surface area (Å²) in [6, 6.07) is 11.0. The quantitative estimate of drug-likeness (QED) is 0.488. The Kier molecular flexibility index (Phi) is 7.95. The Morgan fingerprint density at radius 2 is 1.89 bits per heavy atom. The number of H-pyrrole nitrogens is 1. The van der Waals surface area contributed by atoms with Crippen LogP contribution < -0.4 is 10.5 Å². The maximum atomic E-state index is 13.4. The number of likely N-dealkylation sites (N-methyl/N-ethyl adjacent to an activating group) is 1. The van der Waals surface area contributed by atoms with Crippen molar-refractivity contribution in [3.8, 4) is 11.3 Å². The fraction of sp³-hybridized carbons (Fsp3) is 0.292. The predicted octanol–water partition coefficient (Wildman–Crippen LogP) is 4.07. The predicted molar refractivity (Wildman–Crippen MR) is 129 cm³/mol. The highest BCUT2D eigenvalue weighted by atomic mass is 35.5. The smallest absolute Gasteiger partial charge is 0.417 e. The SMILES string of the molecule is CN(C)CC(=O)OCC1CN(c2ccc3cc(-c4ccccc4C(F)(F)F)[nH]c(=O)c3c2)C(=O)O1.Cl. The highest BCUT2D eigenvalue weighted by molar-refractivity contribution is 5.95. The van der Waals surface area contributed by atoms with Crippen molar-refractivity contribution in [1.29, 1.82) is 0 Å². The fourth-order valence-corrected chi connectivity index (χ4v) is 3.84. The zero-order valence-corrected chi connectivity index (χ0v) is 20.1. The van der Waals surface area contributed by atoms with Crippen molar-refractivity contribution in [2.75, 3.05) is 38.7 Å². The van der Waals surface area contributed by atoms with Crippen molar-refractivity contribution in [3.63, 3.8) is 0 Å². The molecule has 1 N–H and O–H groups in total. The molecule has 1 fully saturated rings. The molecule has 0 spiro atoms. The number of halogens is 4. The lowest BCUT2D eigenvalue weighted by molar-refractivity contribution is -0.146. The summed E-state index contributed by atoms with van der Waals surface area (Å²) in [6.07, 6.45) is -5.92. The van der Waals surface area contributed by atoms with Gasteiger partial charge in [-0.3, -0.25) is 19.4 Å². The number of aromatic amines is 1. The minimum absolute atomic E-state index is 0. The maximum absolute atomic E-state index is 13.4. The standard InChI is InChI=1S/C24H22F3N3O5.ClH/c1-29(2)12-21(31)34-13-16-11-30(23(33)35-16)15-8-7-14-9-20(28-22(32)18(14)10-15)17-5-3-4-6-19(17)24(25,26)27;/h3-10,16H,11-13H2,1-2H3,(H,28,32);1H. The number of rotatable bonds is 6. The van der Waals surface area contributed by atoms with E-state index < -0.39 is 35.5 Å². The summed E-state index contributed by atoms with van der Waals surface area (Å²) < 4.78 is 50.7. The molecule has 36 heavy (non-hydrogen) atoms. The Morgan fingerprint density at radius 1 is 1.17 bits per heavy atom. The normalized spacial score (nSPS) is 15.7. The number of fused-ring (bicyclic) bond motifs is 1. The molecule has 1 aliphatic heterocycles. The van der Waals surface area contributed by atoms with E-state index in [9.17, 15) is 27.6 Å². The third-order valence-electron chi connectivity index (χ3n) is 5.41. The van der Waals surface area contributed by atoms with E-state index in [-0.39, 0.29) is 48.7 Å². The number of aromatic nitrogens is 1. The van der Waals surface area contributed by atoms with Gasteiger partial charge in [-0.1, -0.05) is 24.3 Å². The van der Waals surface area contributed by atoms with E-state index in [1.165, 1.54) is 35.2 Å². The number of hydrogen-bond acceptors (Lipinski definition) is 6. The largest absolute Gasteiger partial charge is 0.461 e. The van der Waals surface area contributed by atoms with Crippen LogP contribution in [0.4, 0.5) is 23.7 Å². The molecule has 8 nitrogen and oxygen atoms in total. The molecule has 1 atom stereocenters. The Bertz CT molecular complexity index is 1340. The lowest BCUT2D eigenvalue weighted by Crippen LogP contribution is -2.29. The molecule has 0 radical (unpaired) electrons. The van der Waals surface area contributed by atoms with Gasteiger partial charge >= 0.3 is 18.2 Å². The number of cyclic esters (lactones) is 1. The van der Waals surface area contributed by atoms with Gasteiger partial charge in [0.2, 0.25) is 0 Å². The molecule has 1 amide bonds. The van der Waals surface area contributed by atoms with Gasteiger partial charge in [0, 0.05) is 22.3 Å². The average Bonchev–Trinajstić information content (AvgIpc) is 3.17. The lowest BCUT2D eigenvalue weighted by Gasteiger charge is -2.15. The lowest BCUT2D eigenvalue weighted by atomic mass is 10.0. The summed E-state index contributed by atoms with van der Waals surface area (Å²) in [5.41, 5.74) is -1.19. The van der Waals surface area contributed by atoms with Gasteiger partial charge < -0.3 is 14.5 Å². The molecule has 1 aliphatic rings.